The number of carbonyl (C=O) groups is 2. The third-order valence-corrected chi connectivity index (χ3v) is 4.93. The molecule has 140 valence electrons. The fourth-order valence-corrected chi connectivity index (χ4v) is 3.58. The molecule has 0 fully saturated rings. The van der Waals surface area contributed by atoms with Gasteiger partial charge >= 0.3 is 5.97 Å². The van der Waals surface area contributed by atoms with Crippen LogP contribution in [-0.4, -0.2) is 31.3 Å². The topological polar surface area (TPSA) is 112 Å². The van der Waals surface area contributed by atoms with E-state index in [9.17, 15) is 20.1 Å². The summed E-state index contributed by atoms with van der Waals surface area (Å²) in [5, 5.41) is 22.1. The number of esters is 1. The number of rotatable bonds is 7. The number of nitriles is 2. The minimum absolute atomic E-state index is 0.0450. The summed E-state index contributed by atoms with van der Waals surface area (Å²) < 4.78 is 10.4. The van der Waals surface area contributed by atoms with E-state index in [1.807, 2.05) is 13.0 Å². The van der Waals surface area contributed by atoms with Crippen molar-refractivity contribution in [1.82, 2.24) is 5.32 Å². The molecule has 0 spiro atoms. The Labute approximate surface area is 161 Å². The summed E-state index contributed by atoms with van der Waals surface area (Å²) in [6, 6.07) is 11.0. The zero-order valence-corrected chi connectivity index (χ0v) is 15.8. The highest BCUT2D eigenvalue weighted by molar-refractivity contribution is 8.03. The minimum Gasteiger partial charge on any atom is -0.496 e. The lowest BCUT2D eigenvalue weighted by Crippen LogP contribution is -2.39. The highest BCUT2D eigenvalue weighted by Gasteiger charge is 2.40. The Hall–Kier alpha value is -2.97. The smallest absolute Gasteiger partial charge is 0.316 e. The highest BCUT2D eigenvalue weighted by Crippen LogP contribution is 2.42. The van der Waals surface area contributed by atoms with Crippen LogP contribution in [-0.2, 0) is 14.3 Å². The molecule has 0 aromatic heterocycles. The first-order valence-electron chi connectivity index (χ1n) is 8.33. The summed E-state index contributed by atoms with van der Waals surface area (Å²) in [5.41, 5.74) is 0.795. The molecule has 1 heterocycles. The van der Waals surface area contributed by atoms with Gasteiger partial charge in [0.15, 0.2) is 0 Å². The van der Waals surface area contributed by atoms with Gasteiger partial charge in [-0.2, -0.15) is 10.5 Å². The van der Waals surface area contributed by atoms with Crippen LogP contribution in [0.3, 0.4) is 0 Å². The van der Waals surface area contributed by atoms with Crippen LogP contribution >= 0.6 is 11.8 Å². The molecule has 0 bridgehead atoms. The van der Waals surface area contributed by atoms with Gasteiger partial charge in [0.1, 0.15) is 11.7 Å². The van der Waals surface area contributed by atoms with E-state index in [-0.39, 0.29) is 16.4 Å². The van der Waals surface area contributed by atoms with Crippen molar-refractivity contribution in [2.45, 2.75) is 19.3 Å². The largest absolute Gasteiger partial charge is 0.496 e. The first-order valence-corrected chi connectivity index (χ1v) is 9.32. The molecule has 0 unspecified atom stereocenters. The molecule has 0 saturated carbocycles. The van der Waals surface area contributed by atoms with Gasteiger partial charge < -0.3 is 14.8 Å². The van der Waals surface area contributed by atoms with Gasteiger partial charge in [0, 0.05) is 5.56 Å². The van der Waals surface area contributed by atoms with Crippen LogP contribution < -0.4 is 10.1 Å². The number of amides is 1. The van der Waals surface area contributed by atoms with Crippen molar-refractivity contribution in [3.63, 3.8) is 0 Å². The third-order valence-electron chi connectivity index (χ3n) is 3.94. The van der Waals surface area contributed by atoms with E-state index in [4.69, 9.17) is 9.47 Å². The van der Waals surface area contributed by atoms with E-state index in [1.54, 1.807) is 24.3 Å². The summed E-state index contributed by atoms with van der Waals surface area (Å²) in [6.45, 7) is 2.20. The van der Waals surface area contributed by atoms with E-state index in [2.05, 4.69) is 11.4 Å². The molecule has 1 amide bonds. The normalized spacial score (nSPS) is 18.9. The molecule has 8 heteroatoms. The Balaban J connectivity index is 2.42. The first-order chi connectivity index (χ1) is 13.1. The van der Waals surface area contributed by atoms with Gasteiger partial charge in [-0.15, -0.1) is 0 Å². The zero-order chi connectivity index (χ0) is 19.8. The average Bonchev–Trinajstić information content (AvgIpc) is 2.69. The number of nitrogens with zero attached hydrogens (tertiary/aromatic N) is 2. The molecule has 1 aromatic carbocycles. The molecule has 0 aliphatic carbocycles. The van der Waals surface area contributed by atoms with Crippen molar-refractivity contribution in [3.05, 3.63) is 40.4 Å². The maximum Gasteiger partial charge on any atom is 0.316 e. The standard InChI is InChI=1S/C19H19N3O4S/c1-3-8-26-16(23)11-27-19-14(10-21)17(13(9-20)18(24)22-19)12-6-4-5-7-15(12)25-2/h4-7,13,17H,3,8,11H2,1-2H3,(H,22,24)/t13-,17-/m1/s1. The van der Waals surface area contributed by atoms with Crippen LogP contribution in [0.5, 0.6) is 5.75 Å². The van der Waals surface area contributed by atoms with Crippen LogP contribution in [0.2, 0.25) is 0 Å². The van der Waals surface area contributed by atoms with E-state index in [0.29, 0.717) is 24.3 Å². The number of allylic oxidation sites excluding steroid dienone is 1. The molecule has 1 aromatic rings. The molecule has 7 nitrogen and oxygen atoms in total. The number of benzene rings is 1. The van der Waals surface area contributed by atoms with Gasteiger partial charge in [-0.1, -0.05) is 36.9 Å². The maximum atomic E-state index is 12.4. The SMILES string of the molecule is CCCOC(=O)CSC1=C(C#N)[C@H](c2ccccc2OC)[C@@H](C#N)C(=O)N1. The monoisotopic (exact) mass is 385 g/mol. The summed E-state index contributed by atoms with van der Waals surface area (Å²) in [4.78, 5) is 24.2. The summed E-state index contributed by atoms with van der Waals surface area (Å²) in [7, 11) is 1.48. The lowest BCUT2D eigenvalue weighted by Gasteiger charge is -2.29. The predicted molar refractivity (Wildman–Crippen MR) is 99.3 cm³/mol. The molecule has 2 atom stereocenters. The fourth-order valence-electron chi connectivity index (χ4n) is 2.73. The van der Waals surface area contributed by atoms with Crippen molar-refractivity contribution in [2.75, 3.05) is 19.5 Å². The van der Waals surface area contributed by atoms with Gasteiger partial charge in [0.25, 0.3) is 0 Å². The summed E-state index contributed by atoms with van der Waals surface area (Å²) in [5.74, 6) is -2.37. The minimum atomic E-state index is -1.08. The van der Waals surface area contributed by atoms with Gasteiger partial charge in [-0.05, 0) is 12.5 Å². The predicted octanol–water partition coefficient (Wildman–Crippen LogP) is 2.47. The van der Waals surface area contributed by atoms with E-state index in [1.165, 1.54) is 7.11 Å². The second-order valence-corrected chi connectivity index (χ2v) is 6.66. The Morgan fingerprint density at radius 3 is 2.70 bits per heavy atom. The lowest BCUT2D eigenvalue weighted by atomic mass is 9.79. The molecular formula is C19H19N3O4S. The molecule has 27 heavy (non-hydrogen) atoms. The molecule has 1 aliphatic rings. The fraction of sp³-hybridized carbons (Fsp3) is 0.368. The van der Waals surface area contributed by atoms with Crippen LogP contribution in [0.25, 0.3) is 0 Å². The van der Waals surface area contributed by atoms with Crippen LogP contribution in [0, 0.1) is 28.6 Å². The van der Waals surface area contributed by atoms with Crippen molar-refractivity contribution in [3.8, 4) is 17.9 Å². The van der Waals surface area contributed by atoms with Gasteiger partial charge in [-0.3, -0.25) is 9.59 Å². The van der Waals surface area contributed by atoms with E-state index >= 15 is 0 Å². The molecular weight excluding hydrogens is 366 g/mol. The van der Waals surface area contributed by atoms with Crippen LogP contribution in [0.4, 0.5) is 0 Å². The Kier molecular flexibility index (Phi) is 7.27. The number of ether oxygens (including phenoxy) is 2. The van der Waals surface area contributed by atoms with E-state index in [0.717, 1.165) is 11.8 Å². The van der Waals surface area contributed by atoms with Crippen molar-refractivity contribution >= 4 is 23.6 Å². The number of hydrogen-bond donors (Lipinski definition) is 1. The molecule has 0 radical (unpaired) electrons. The van der Waals surface area contributed by atoms with Crippen LogP contribution in [0.15, 0.2) is 34.9 Å². The number of nitrogens with one attached hydrogen (secondary N) is 1. The Bertz CT molecular complexity index is 838. The lowest BCUT2D eigenvalue weighted by molar-refractivity contribution is -0.140. The van der Waals surface area contributed by atoms with Crippen molar-refractivity contribution in [2.24, 2.45) is 5.92 Å². The van der Waals surface area contributed by atoms with Gasteiger partial charge in [-0.25, -0.2) is 0 Å². The van der Waals surface area contributed by atoms with E-state index < -0.39 is 23.7 Å². The quantitative estimate of drug-likeness (QED) is 0.717. The summed E-state index contributed by atoms with van der Waals surface area (Å²) in [6.07, 6.45) is 0.707. The third kappa shape index (κ3) is 4.60. The molecule has 1 N–H and O–H groups in total. The number of thioether (sulfide) groups is 1. The number of carbonyl (C=O) groups excluding carboxylic acids is 2. The molecule has 0 saturated heterocycles. The number of hydrogen-bond acceptors (Lipinski definition) is 7. The van der Waals surface area contributed by atoms with Crippen molar-refractivity contribution in [1.29, 1.82) is 10.5 Å². The number of para-hydroxylation sites is 1. The highest BCUT2D eigenvalue weighted by atomic mass is 32.2. The molecule has 1 aliphatic heterocycles. The summed E-state index contributed by atoms with van der Waals surface area (Å²) >= 11 is 1.02. The van der Waals surface area contributed by atoms with Gasteiger partial charge in [0.05, 0.1) is 48.1 Å². The zero-order valence-electron chi connectivity index (χ0n) is 15.0. The second kappa shape index (κ2) is 9.65. The number of methoxy groups -OCH3 is 1. The second-order valence-electron chi connectivity index (χ2n) is 5.68. The first kappa shape index (κ1) is 20.3. The maximum absolute atomic E-state index is 12.4. The Morgan fingerprint density at radius 1 is 1.33 bits per heavy atom. The van der Waals surface area contributed by atoms with Crippen LogP contribution in [0.1, 0.15) is 24.8 Å². The van der Waals surface area contributed by atoms with Crippen molar-refractivity contribution < 1.29 is 19.1 Å². The van der Waals surface area contributed by atoms with Gasteiger partial charge in [0.2, 0.25) is 5.91 Å². The average molecular weight is 385 g/mol. The Morgan fingerprint density at radius 2 is 2.07 bits per heavy atom. The molecule has 2 rings (SSSR count).